The fourth-order valence-electron chi connectivity index (χ4n) is 2.48. The molecule has 3 rings (SSSR count). The molecule has 0 spiro atoms. The Morgan fingerprint density at radius 1 is 1.38 bits per heavy atom. The van der Waals surface area contributed by atoms with Crippen LogP contribution in [-0.2, 0) is 24.7 Å². The van der Waals surface area contributed by atoms with Crippen LogP contribution in [0, 0.1) is 0 Å². The second-order valence-electron chi connectivity index (χ2n) is 5.31. The Bertz CT molecular complexity index is 667. The lowest BCUT2D eigenvalue weighted by atomic mass is 10.1. The maximum Gasteiger partial charge on any atom is 0.237 e. The molecule has 0 bridgehead atoms. The van der Waals surface area contributed by atoms with Crippen LogP contribution in [0.3, 0.4) is 0 Å². The summed E-state index contributed by atoms with van der Waals surface area (Å²) in [6.07, 6.45) is 5.11. The quantitative estimate of drug-likeness (QED) is 0.881. The zero-order valence-electron chi connectivity index (χ0n) is 12.2. The minimum Gasteiger partial charge on any atom is -0.325 e. The van der Waals surface area contributed by atoms with E-state index in [0.29, 0.717) is 0 Å². The van der Waals surface area contributed by atoms with E-state index in [-0.39, 0.29) is 11.2 Å². The molecule has 0 saturated heterocycles. The molecule has 1 heterocycles. The third-order valence-corrected chi connectivity index (χ3v) is 4.84. The van der Waals surface area contributed by atoms with Gasteiger partial charge in [0, 0.05) is 12.7 Å². The minimum absolute atomic E-state index is 0.0130. The molecule has 110 valence electrons. The van der Waals surface area contributed by atoms with Crippen LogP contribution < -0.4 is 5.32 Å². The van der Waals surface area contributed by atoms with Gasteiger partial charge in [0.2, 0.25) is 5.91 Å². The highest BCUT2D eigenvalue weighted by atomic mass is 32.2. The first-order valence-corrected chi connectivity index (χ1v) is 7.95. The first kappa shape index (κ1) is 14.1. The van der Waals surface area contributed by atoms with E-state index in [0.717, 1.165) is 23.7 Å². The number of aromatic nitrogens is 3. The number of aryl methyl sites for hydroxylation is 3. The average molecular weight is 302 g/mol. The molecule has 0 fully saturated rings. The third kappa shape index (κ3) is 3.10. The summed E-state index contributed by atoms with van der Waals surface area (Å²) in [7, 11) is 1.87. The maximum atomic E-state index is 12.3. The minimum atomic E-state index is -0.221. The molecule has 21 heavy (non-hydrogen) atoms. The zero-order chi connectivity index (χ0) is 14.8. The van der Waals surface area contributed by atoms with Crippen molar-refractivity contribution in [2.24, 2.45) is 7.05 Å². The fourth-order valence-corrected chi connectivity index (χ4v) is 3.27. The van der Waals surface area contributed by atoms with Crippen molar-refractivity contribution < 1.29 is 4.79 Å². The second-order valence-corrected chi connectivity index (χ2v) is 6.62. The summed E-state index contributed by atoms with van der Waals surface area (Å²) in [4.78, 5) is 12.3. The predicted octanol–water partition coefficient (Wildman–Crippen LogP) is 2.42. The monoisotopic (exact) mass is 302 g/mol. The number of hydrogen-bond acceptors (Lipinski definition) is 4. The molecule has 0 saturated carbocycles. The maximum absolute atomic E-state index is 12.3. The normalized spacial score (nSPS) is 14.8. The van der Waals surface area contributed by atoms with E-state index in [9.17, 15) is 4.79 Å². The van der Waals surface area contributed by atoms with Crippen molar-refractivity contribution in [1.82, 2.24) is 14.8 Å². The number of rotatable bonds is 4. The van der Waals surface area contributed by atoms with E-state index in [1.807, 2.05) is 24.6 Å². The van der Waals surface area contributed by atoms with Crippen LogP contribution in [0.15, 0.2) is 29.7 Å². The number of carbonyl (C=O) groups is 1. The van der Waals surface area contributed by atoms with Gasteiger partial charge >= 0.3 is 0 Å². The van der Waals surface area contributed by atoms with Gasteiger partial charge in [0.15, 0.2) is 5.16 Å². The van der Waals surface area contributed by atoms with Crippen LogP contribution in [-0.4, -0.2) is 25.9 Å². The molecule has 1 aliphatic carbocycles. The van der Waals surface area contributed by atoms with Gasteiger partial charge in [-0.15, -0.1) is 10.2 Å². The molecule has 1 aliphatic rings. The molecule has 1 N–H and O–H groups in total. The average Bonchev–Trinajstić information content (AvgIpc) is 3.07. The van der Waals surface area contributed by atoms with E-state index < -0.39 is 0 Å². The van der Waals surface area contributed by atoms with Gasteiger partial charge in [-0.25, -0.2) is 0 Å². The molecule has 1 aromatic carbocycles. The number of benzene rings is 1. The lowest BCUT2D eigenvalue weighted by Gasteiger charge is -2.12. The molecule has 6 heteroatoms. The van der Waals surface area contributed by atoms with E-state index in [1.165, 1.54) is 29.3 Å². The number of amides is 1. The molecule has 0 aliphatic heterocycles. The Kier molecular flexibility index (Phi) is 3.96. The van der Waals surface area contributed by atoms with Crippen molar-refractivity contribution in [3.05, 3.63) is 35.7 Å². The van der Waals surface area contributed by atoms with Gasteiger partial charge in [-0.2, -0.15) is 0 Å². The smallest absolute Gasteiger partial charge is 0.237 e. The van der Waals surface area contributed by atoms with Crippen molar-refractivity contribution in [3.8, 4) is 0 Å². The first-order valence-electron chi connectivity index (χ1n) is 7.07. The Labute approximate surface area is 128 Å². The highest BCUT2D eigenvalue weighted by Crippen LogP contribution is 2.26. The van der Waals surface area contributed by atoms with Crippen LogP contribution in [0.5, 0.6) is 0 Å². The van der Waals surface area contributed by atoms with E-state index in [4.69, 9.17) is 0 Å². The van der Waals surface area contributed by atoms with Crippen molar-refractivity contribution in [2.45, 2.75) is 36.6 Å². The molecule has 1 atom stereocenters. The number of carbonyl (C=O) groups excluding carboxylic acids is 1. The van der Waals surface area contributed by atoms with Gasteiger partial charge in [0.25, 0.3) is 0 Å². The second kappa shape index (κ2) is 5.89. The van der Waals surface area contributed by atoms with E-state index in [1.54, 1.807) is 6.33 Å². The predicted molar refractivity (Wildman–Crippen MR) is 83.4 cm³/mol. The van der Waals surface area contributed by atoms with Gasteiger partial charge < -0.3 is 9.88 Å². The van der Waals surface area contributed by atoms with Crippen molar-refractivity contribution >= 4 is 23.4 Å². The largest absolute Gasteiger partial charge is 0.325 e. The number of fused-ring (bicyclic) bond motifs is 1. The fraction of sp³-hybridized carbons (Fsp3) is 0.400. The van der Waals surface area contributed by atoms with Crippen LogP contribution in [0.25, 0.3) is 0 Å². The number of hydrogen-bond donors (Lipinski definition) is 1. The summed E-state index contributed by atoms with van der Waals surface area (Å²) < 4.78 is 1.81. The molecule has 0 radical (unpaired) electrons. The van der Waals surface area contributed by atoms with Crippen LogP contribution in [0.2, 0.25) is 0 Å². The summed E-state index contributed by atoms with van der Waals surface area (Å²) >= 11 is 1.41. The molecule has 1 amide bonds. The zero-order valence-corrected chi connectivity index (χ0v) is 13.0. The Hall–Kier alpha value is -1.82. The Morgan fingerprint density at radius 3 is 2.95 bits per heavy atom. The molecule has 5 nitrogen and oxygen atoms in total. The molecular weight excluding hydrogens is 284 g/mol. The van der Waals surface area contributed by atoms with Crippen LogP contribution in [0.1, 0.15) is 24.5 Å². The molecule has 1 aromatic heterocycles. The Morgan fingerprint density at radius 2 is 2.19 bits per heavy atom. The topological polar surface area (TPSA) is 59.8 Å². The summed E-state index contributed by atoms with van der Waals surface area (Å²) in [6.45, 7) is 1.88. The number of nitrogens with one attached hydrogen (secondary N) is 1. The summed E-state index contributed by atoms with van der Waals surface area (Å²) in [5.74, 6) is -0.0130. The van der Waals surface area contributed by atoms with E-state index in [2.05, 4.69) is 27.6 Å². The lowest BCUT2D eigenvalue weighted by Crippen LogP contribution is -2.22. The number of thioether (sulfide) groups is 1. The van der Waals surface area contributed by atoms with Gasteiger partial charge in [-0.1, -0.05) is 17.8 Å². The van der Waals surface area contributed by atoms with Crippen LogP contribution >= 0.6 is 11.8 Å². The van der Waals surface area contributed by atoms with Gasteiger partial charge in [0.1, 0.15) is 6.33 Å². The van der Waals surface area contributed by atoms with E-state index >= 15 is 0 Å². The third-order valence-electron chi connectivity index (χ3n) is 3.69. The molecule has 1 unspecified atom stereocenters. The van der Waals surface area contributed by atoms with Gasteiger partial charge in [-0.05, 0) is 49.4 Å². The molecule has 2 aromatic rings. The first-order chi connectivity index (χ1) is 10.1. The standard InChI is InChI=1S/C15H18N4OS/c1-10(21-15-18-16-9-19(15)2)14(20)17-13-7-6-11-4-3-5-12(11)8-13/h6-10H,3-5H2,1-2H3,(H,17,20). The van der Waals surface area contributed by atoms with Crippen molar-refractivity contribution in [3.63, 3.8) is 0 Å². The highest BCUT2D eigenvalue weighted by Gasteiger charge is 2.18. The van der Waals surface area contributed by atoms with Gasteiger partial charge in [-0.3, -0.25) is 4.79 Å². The van der Waals surface area contributed by atoms with Crippen molar-refractivity contribution in [1.29, 1.82) is 0 Å². The highest BCUT2D eigenvalue weighted by molar-refractivity contribution is 8.00. The summed E-state index contributed by atoms with van der Waals surface area (Å²) in [6, 6.07) is 6.21. The summed E-state index contributed by atoms with van der Waals surface area (Å²) in [5, 5.41) is 11.3. The van der Waals surface area contributed by atoms with Crippen LogP contribution in [0.4, 0.5) is 5.69 Å². The SMILES string of the molecule is CC(Sc1nncn1C)C(=O)Nc1ccc2c(c1)CCC2. The van der Waals surface area contributed by atoms with Crippen molar-refractivity contribution in [2.75, 3.05) is 5.32 Å². The summed E-state index contributed by atoms with van der Waals surface area (Å²) in [5.41, 5.74) is 3.65. The number of nitrogens with zero attached hydrogens (tertiary/aromatic N) is 3. The molecular formula is C15H18N4OS. The Balaban J connectivity index is 1.64. The number of anilines is 1. The van der Waals surface area contributed by atoms with Gasteiger partial charge in [0.05, 0.1) is 5.25 Å². The lowest BCUT2D eigenvalue weighted by molar-refractivity contribution is -0.115.